The number of aromatic nitrogens is 4. The number of hydrogen-bond acceptors (Lipinski definition) is 6. The third kappa shape index (κ3) is 4.47. The Balaban J connectivity index is 1.64. The van der Waals surface area contributed by atoms with Gasteiger partial charge in [-0.25, -0.2) is 27.8 Å². The van der Waals surface area contributed by atoms with E-state index in [4.69, 9.17) is 4.74 Å². The Morgan fingerprint density at radius 2 is 1.47 bits per heavy atom. The standard InChI is InChI=1S/C23H23N5O3S/c1-15-13-16(2)25-23(24-15)27-32(29,30)21-11-7-19(8-12-21)28-22(14-17(3)26-28)18-5-9-20(31-4)10-6-18/h5-14H,1-4H3,(H,24,25,27). The Bertz CT molecular complexity index is 1340. The van der Waals surface area contributed by atoms with E-state index in [1.165, 1.54) is 12.1 Å². The summed E-state index contributed by atoms with van der Waals surface area (Å²) in [6, 6.07) is 18.0. The number of methoxy groups -OCH3 is 1. The van der Waals surface area contributed by atoms with E-state index in [2.05, 4.69) is 19.8 Å². The molecule has 0 radical (unpaired) electrons. The number of ether oxygens (including phenoxy) is 1. The molecule has 9 heteroatoms. The van der Waals surface area contributed by atoms with Crippen molar-refractivity contribution >= 4 is 16.0 Å². The van der Waals surface area contributed by atoms with Gasteiger partial charge in [-0.1, -0.05) is 0 Å². The van der Waals surface area contributed by atoms with Crippen molar-refractivity contribution in [1.82, 2.24) is 19.7 Å². The van der Waals surface area contributed by atoms with Gasteiger partial charge in [0.1, 0.15) is 5.75 Å². The molecule has 2 heterocycles. The van der Waals surface area contributed by atoms with E-state index in [0.29, 0.717) is 11.4 Å². The number of anilines is 1. The van der Waals surface area contributed by atoms with Gasteiger partial charge in [-0.3, -0.25) is 0 Å². The van der Waals surface area contributed by atoms with Crippen LogP contribution in [-0.4, -0.2) is 35.3 Å². The molecule has 0 aliphatic carbocycles. The lowest BCUT2D eigenvalue weighted by Crippen LogP contribution is -2.16. The van der Waals surface area contributed by atoms with E-state index in [1.807, 2.05) is 37.3 Å². The van der Waals surface area contributed by atoms with Crippen molar-refractivity contribution in [3.63, 3.8) is 0 Å². The van der Waals surface area contributed by atoms with Crippen molar-refractivity contribution in [2.45, 2.75) is 25.7 Å². The van der Waals surface area contributed by atoms with Crippen LogP contribution in [0.1, 0.15) is 17.1 Å². The first-order valence-electron chi connectivity index (χ1n) is 9.92. The average molecular weight is 450 g/mol. The third-order valence-corrected chi connectivity index (χ3v) is 6.16. The summed E-state index contributed by atoms with van der Waals surface area (Å²) >= 11 is 0. The largest absolute Gasteiger partial charge is 0.497 e. The number of rotatable bonds is 6. The van der Waals surface area contributed by atoms with Crippen LogP contribution in [0, 0.1) is 20.8 Å². The molecule has 0 amide bonds. The summed E-state index contributed by atoms with van der Waals surface area (Å²) in [4.78, 5) is 8.40. The lowest BCUT2D eigenvalue weighted by atomic mass is 10.1. The normalized spacial score (nSPS) is 11.4. The molecule has 0 saturated heterocycles. The summed E-state index contributed by atoms with van der Waals surface area (Å²) in [6.07, 6.45) is 0. The number of benzene rings is 2. The monoisotopic (exact) mass is 449 g/mol. The van der Waals surface area contributed by atoms with Crippen LogP contribution >= 0.6 is 0 Å². The summed E-state index contributed by atoms with van der Waals surface area (Å²) in [6.45, 7) is 5.48. The highest BCUT2D eigenvalue weighted by atomic mass is 32.2. The van der Waals surface area contributed by atoms with Gasteiger partial charge in [0.05, 0.1) is 29.1 Å². The van der Waals surface area contributed by atoms with Gasteiger partial charge in [0.15, 0.2) is 0 Å². The Labute approximate surface area is 187 Å². The quantitative estimate of drug-likeness (QED) is 0.477. The Kier molecular flexibility index (Phi) is 5.67. The summed E-state index contributed by atoms with van der Waals surface area (Å²) in [5.41, 5.74) is 4.82. The molecule has 0 unspecified atom stereocenters. The average Bonchev–Trinajstić information content (AvgIpc) is 3.14. The predicted molar refractivity (Wildman–Crippen MR) is 123 cm³/mol. The van der Waals surface area contributed by atoms with Gasteiger partial charge >= 0.3 is 0 Å². The van der Waals surface area contributed by atoms with Crippen LogP contribution < -0.4 is 9.46 Å². The molecule has 0 spiro atoms. The van der Waals surface area contributed by atoms with Crippen LogP contribution in [0.5, 0.6) is 5.75 Å². The zero-order valence-electron chi connectivity index (χ0n) is 18.2. The number of nitrogens with one attached hydrogen (secondary N) is 1. The Morgan fingerprint density at radius 3 is 2.06 bits per heavy atom. The molecular weight excluding hydrogens is 426 g/mol. The maximum Gasteiger partial charge on any atom is 0.264 e. The fraction of sp³-hybridized carbons (Fsp3) is 0.174. The summed E-state index contributed by atoms with van der Waals surface area (Å²) in [5.74, 6) is 0.822. The van der Waals surface area contributed by atoms with E-state index in [9.17, 15) is 8.42 Å². The van der Waals surface area contributed by atoms with Gasteiger partial charge in [-0.15, -0.1) is 0 Å². The molecule has 2 aromatic carbocycles. The fourth-order valence-electron chi connectivity index (χ4n) is 3.38. The predicted octanol–water partition coefficient (Wildman–Crippen LogP) is 4.06. The van der Waals surface area contributed by atoms with Crippen LogP contribution in [0.2, 0.25) is 0 Å². The van der Waals surface area contributed by atoms with Crippen LogP contribution in [-0.2, 0) is 10.0 Å². The third-order valence-electron chi connectivity index (χ3n) is 4.82. The second kappa shape index (κ2) is 8.43. The van der Waals surface area contributed by atoms with Crippen LogP contribution in [0.3, 0.4) is 0 Å². The van der Waals surface area contributed by atoms with Crippen LogP contribution in [0.25, 0.3) is 16.9 Å². The molecule has 0 fully saturated rings. The minimum absolute atomic E-state index is 0.0519. The highest BCUT2D eigenvalue weighted by Crippen LogP contribution is 2.26. The molecule has 0 aliphatic rings. The Hall–Kier alpha value is -3.72. The number of nitrogens with zero attached hydrogens (tertiary/aromatic N) is 4. The number of aryl methyl sites for hydroxylation is 3. The molecule has 0 bridgehead atoms. The first-order chi connectivity index (χ1) is 15.2. The minimum Gasteiger partial charge on any atom is -0.497 e. The maximum atomic E-state index is 12.8. The van der Waals surface area contributed by atoms with Gasteiger partial charge in [0.25, 0.3) is 10.0 Å². The van der Waals surface area contributed by atoms with Gasteiger partial charge < -0.3 is 4.74 Å². The second-order valence-corrected chi connectivity index (χ2v) is 9.07. The fourth-order valence-corrected chi connectivity index (χ4v) is 4.32. The molecule has 32 heavy (non-hydrogen) atoms. The summed E-state index contributed by atoms with van der Waals surface area (Å²) in [7, 11) is -2.20. The SMILES string of the molecule is COc1ccc(-c2cc(C)nn2-c2ccc(S(=O)(=O)Nc3nc(C)cc(C)n3)cc2)cc1. The van der Waals surface area contributed by atoms with Crippen molar-refractivity contribution < 1.29 is 13.2 Å². The topological polar surface area (TPSA) is 99.0 Å². The first-order valence-corrected chi connectivity index (χ1v) is 11.4. The van der Waals surface area contributed by atoms with Crippen molar-refractivity contribution in [3.8, 4) is 22.7 Å². The molecule has 1 N–H and O–H groups in total. The molecule has 0 saturated carbocycles. The maximum absolute atomic E-state index is 12.8. The van der Waals surface area contributed by atoms with E-state index in [0.717, 1.165) is 28.4 Å². The zero-order valence-corrected chi connectivity index (χ0v) is 19.0. The zero-order chi connectivity index (χ0) is 22.9. The molecule has 4 rings (SSSR count). The number of hydrogen-bond donors (Lipinski definition) is 1. The minimum atomic E-state index is -3.83. The lowest BCUT2D eigenvalue weighted by molar-refractivity contribution is 0.415. The summed E-state index contributed by atoms with van der Waals surface area (Å²) < 4.78 is 35.1. The number of sulfonamides is 1. The van der Waals surface area contributed by atoms with Crippen molar-refractivity contribution in [2.24, 2.45) is 0 Å². The van der Waals surface area contributed by atoms with Gasteiger partial charge in [-0.2, -0.15) is 5.10 Å². The van der Waals surface area contributed by atoms with Crippen molar-refractivity contribution in [1.29, 1.82) is 0 Å². The lowest BCUT2D eigenvalue weighted by Gasteiger charge is -2.11. The molecule has 164 valence electrons. The molecule has 2 aromatic heterocycles. The highest BCUT2D eigenvalue weighted by molar-refractivity contribution is 7.92. The highest BCUT2D eigenvalue weighted by Gasteiger charge is 2.17. The molecule has 0 atom stereocenters. The van der Waals surface area contributed by atoms with E-state index in [-0.39, 0.29) is 10.8 Å². The van der Waals surface area contributed by atoms with Crippen LogP contribution in [0.4, 0.5) is 5.95 Å². The van der Waals surface area contributed by atoms with Crippen molar-refractivity contribution in [2.75, 3.05) is 11.8 Å². The molecule has 4 aromatic rings. The van der Waals surface area contributed by atoms with Gasteiger partial charge in [0.2, 0.25) is 5.95 Å². The Morgan fingerprint density at radius 1 is 0.844 bits per heavy atom. The molecular formula is C23H23N5O3S. The molecule has 8 nitrogen and oxygen atoms in total. The van der Waals surface area contributed by atoms with Gasteiger partial charge in [0, 0.05) is 17.0 Å². The van der Waals surface area contributed by atoms with E-state index < -0.39 is 10.0 Å². The smallest absolute Gasteiger partial charge is 0.264 e. The second-order valence-electron chi connectivity index (χ2n) is 7.38. The molecule has 0 aliphatic heterocycles. The van der Waals surface area contributed by atoms with Gasteiger partial charge in [-0.05, 0) is 81.4 Å². The van der Waals surface area contributed by atoms with Crippen LogP contribution in [0.15, 0.2) is 65.6 Å². The van der Waals surface area contributed by atoms with Crippen molar-refractivity contribution in [3.05, 3.63) is 77.7 Å². The summed E-state index contributed by atoms with van der Waals surface area (Å²) in [5, 5.41) is 4.58. The first kappa shape index (κ1) is 21.5. The van der Waals surface area contributed by atoms with E-state index in [1.54, 1.807) is 43.8 Å². The van der Waals surface area contributed by atoms with E-state index >= 15 is 0 Å².